The van der Waals surface area contributed by atoms with Gasteiger partial charge in [-0.1, -0.05) is 12.1 Å². The lowest BCUT2D eigenvalue weighted by molar-refractivity contribution is -0.119. The van der Waals surface area contributed by atoms with Gasteiger partial charge in [-0.15, -0.1) is 0 Å². The van der Waals surface area contributed by atoms with E-state index in [0.717, 1.165) is 23.1 Å². The van der Waals surface area contributed by atoms with Crippen LogP contribution in [0.3, 0.4) is 0 Å². The highest BCUT2D eigenvalue weighted by Gasteiger charge is 2.35. The minimum atomic E-state index is -0.542. The van der Waals surface area contributed by atoms with Gasteiger partial charge in [-0.2, -0.15) is 5.10 Å². The Morgan fingerprint density at radius 2 is 1.97 bits per heavy atom. The molecular weight excluding hydrogens is 384 g/mol. The van der Waals surface area contributed by atoms with Crippen molar-refractivity contribution in [1.29, 1.82) is 0 Å². The number of nitrogens with zero attached hydrogens (tertiary/aromatic N) is 4. The quantitative estimate of drug-likeness (QED) is 0.542. The smallest absolute Gasteiger partial charge is 0.291 e. The number of hydrogen-bond donors (Lipinski definition) is 2. The maximum atomic E-state index is 12.8. The fourth-order valence-electron chi connectivity index (χ4n) is 3.64. The standard InChI is InChI=1S/C21H18N6O3/c28-19(16-5-3-11-27(16)21(29)18-22-12-23-26-18)24-14-9-7-13(8-10-14)20-25-15-4-1-2-6-17(15)30-20/h1-2,4,6-10,12,16H,3,5,11H2,(H,24,28)(H,22,23,26)/t16-/m0/s1. The molecule has 0 saturated carbocycles. The predicted molar refractivity (Wildman–Crippen MR) is 109 cm³/mol. The SMILES string of the molecule is O=C(Nc1ccc(-c2nc3ccccc3o2)cc1)[C@@H]1CCCN1C(=O)c1ncn[nH]1. The predicted octanol–water partition coefficient (Wildman–Crippen LogP) is 2.86. The molecule has 0 spiro atoms. The molecule has 0 aliphatic carbocycles. The van der Waals surface area contributed by atoms with E-state index in [4.69, 9.17) is 4.42 Å². The van der Waals surface area contributed by atoms with Crippen molar-refractivity contribution in [2.75, 3.05) is 11.9 Å². The molecule has 0 bridgehead atoms. The van der Waals surface area contributed by atoms with Gasteiger partial charge in [0.05, 0.1) is 0 Å². The zero-order chi connectivity index (χ0) is 20.5. The topological polar surface area (TPSA) is 117 Å². The molecule has 2 N–H and O–H groups in total. The van der Waals surface area contributed by atoms with Crippen LogP contribution in [-0.2, 0) is 4.79 Å². The molecule has 9 heteroatoms. The van der Waals surface area contributed by atoms with Crippen LogP contribution < -0.4 is 5.32 Å². The largest absolute Gasteiger partial charge is 0.436 e. The summed E-state index contributed by atoms with van der Waals surface area (Å²) in [7, 11) is 0. The summed E-state index contributed by atoms with van der Waals surface area (Å²) in [6, 6.07) is 14.3. The maximum absolute atomic E-state index is 12.8. The second kappa shape index (κ2) is 7.43. The lowest BCUT2D eigenvalue weighted by Crippen LogP contribution is -2.43. The Balaban J connectivity index is 1.29. The monoisotopic (exact) mass is 402 g/mol. The lowest BCUT2D eigenvalue weighted by Gasteiger charge is -2.22. The van der Waals surface area contributed by atoms with Crippen LogP contribution in [-0.4, -0.2) is 49.5 Å². The van der Waals surface area contributed by atoms with Crippen molar-refractivity contribution in [3.05, 3.63) is 60.7 Å². The Bertz CT molecular complexity index is 1170. The van der Waals surface area contributed by atoms with Crippen molar-refractivity contribution in [2.45, 2.75) is 18.9 Å². The molecule has 3 heterocycles. The molecule has 30 heavy (non-hydrogen) atoms. The van der Waals surface area contributed by atoms with E-state index in [-0.39, 0.29) is 17.6 Å². The van der Waals surface area contributed by atoms with Crippen molar-refractivity contribution < 1.29 is 14.0 Å². The molecule has 1 atom stereocenters. The van der Waals surface area contributed by atoms with Gasteiger partial charge in [0.2, 0.25) is 17.6 Å². The van der Waals surface area contributed by atoms with Gasteiger partial charge in [0.1, 0.15) is 17.9 Å². The van der Waals surface area contributed by atoms with E-state index >= 15 is 0 Å². The number of likely N-dealkylation sites (tertiary alicyclic amines) is 1. The Kier molecular flexibility index (Phi) is 4.47. The summed E-state index contributed by atoms with van der Waals surface area (Å²) in [5.41, 5.74) is 2.97. The van der Waals surface area contributed by atoms with E-state index in [2.05, 4.69) is 25.5 Å². The van der Waals surface area contributed by atoms with Crippen molar-refractivity contribution >= 4 is 28.6 Å². The van der Waals surface area contributed by atoms with Crippen molar-refractivity contribution in [3.63, 3.8) is 0 Å². The number of anilines is 1. The summed E-state index contributed by atoms with van der Waals surface area (Å²) < 4.78 is 5.78. The molecule has 2 aromatic heterocycles. The molecule has 4 aromatic rings. The summed E-state index contributed by atoms with van der Waals surface area (Å²) in [4.78, 5) is 35.2. The number of aromatic amines is 1. The molecular formula is C21H18N6O3. The zero-order valence-electron chi connectivity index (χ0n) is 15.9. The third-order valence-electron chi connectivity index (χ3n) is 5.13. The molecule has 1 aliphatic heterocycles. The van der Waals surface area contributed by atoms with Gasteiger partial charge in [0, 0.05) is 17.8 Å². The molecule has 150 valence electrons. The van der Waals surface area contributed by atoms with Crippen LogP contribution >= 0.6 is 0 Å². The first-order valence-corrected chi connectivity index (χ1v) is 9.62. The first kappa shape index (κ1) is 18.0. The molecule has 2 aromatic carbocycles. The highest BCUT2D eigenvalue weighted by atomic mass is 16.3. The summed E-state index contributed by atoms with van der Waals surface area (Å²) in [6.07, 6.45) is 2.64. The minimum Gasteiger partial charge on any atom is -0.436 e. The maximum Gasteiger partial charge on any atom is 0.291 e. The van der Waals surface area contributed by atoms with Crippen LogP contribution in [0.2, 0.25) is 0 Å². The second-order valence-electron chi connectivity index (χ2n) is 7.04. The Morgan fingerprint density at radius 3 is 2.73 bits per heavy atom. The van der Waals surface area contributed by atoms with E-state index in [0.29, 0.717) is 24.5 Å². The average molecular weight is 402 g/mol. The number of nitrogens with one attached hydrogen (secondary N) is 2. The number of fused-ring (bicyclic) bond motifs is 1. The lowest BCUT2D eigenvalue weighted by atomic mass is 10.1. The van der Waals surface area contributed by atoms with Gasteiger partial charge in [-0.05, 0) is 49.2 Å². The minimum absolute atomic E-state index is 0.136. The molecule has 5 rings (SSSR count). The van der Waals surface area contributed by atoms with Crippen LogP contribution in [0.5, 0.6) is 0 Å². The van der Waals surface area contributed by atoms with E-state index in [1.54, 1.807) is 12.1 Å². The van der Waals surface area contributed by atoms with Crippen LogP contribution in [0.1, 0.15) is 23.5 Å². The van der Waals surface area contributed by atoms with Gasteiger partial charge < -0.3 is 14.6 Å². The summed E-state index contributed by atoms with van der Waals surface area (Å²) >= 11 is 0. The number of oxazole rings is 1. The number of aromatic nitrogens is 4. The Morgan fingerprint density at radius 1 is 1.13 bits per heavy atom. The number of rotatable bonds is 4. The zero-order valence-corrected chi connectivity index (χ0v) is 15.9. The highest BCUT2D eigenvalue weighted by molar-refractivity contribution is 6.00. The van der Waals surface area contributed by atoms with E-state index < -0.39 is 6.04 Å². The van der Waals surface area contributed by atoms with Crippen LogP contribution in [0, 0.1) is 0 Å². The second-order valence-corrected chi connectivity index (χ2v) is 7.04. The average Bonchev–Trinajstić information content (AvgIpc) is 3.54. The number of benzene rings is 2. The number of carbonyl (C=O) groups is 2. The van der Waals surface area contributed by atoms with Gasteiger partial charge in [0.25, 0.3) is 5.91 Å². The van der Waals surface area contributed by atoms with E-state index in [1.165, 1.54) is 11.2 Å². The van der Waals surface area contributed by atoms with Gasteiger partial charge in [-0.3, -0.25) is 14.7 Å². The number of H-pyrrole nitrogens is 1. The fraction of sp³-hybridized carbons (Fsp3) is 0.190. The normalized spacial score (nSPS) is 16.1. The number of para-hydroxylation sites is 2. The van der Waals surface area contributed by atoms with E-state index in [9.17, 15) is 9.59 Å². The molecule has 0 radical (unpaired) electrons. The highest BCUT2D eigenvalue weighted by Crippen LogP contribution is 2.26. The van der Waals surface area contributed by atoms with Crippen LogP contribution in [0.15, 0.2) is 59.3 Å². The fourth-order valence-corrected chi connectivity index (χ4v) is 3.64. The summed E-state index contributed by atoms with van der Waals surface area (Å²) in [5.74, 6) is 0.109. The van der Waals surface area contributed by atoms with Gasteiger partial charge in [-0.25, -0.2) is 9.97 Å². The summed E-state index contributed by atoms with van der Waals surface area (Å²) in [6.45, 7) is 0.508. The Hall–Kier alpha value is -4.01. The van der Waals surface area contributed by atoms with Crippen molar-refractivity contribution in [2.24, 2.45) is 0 Å². The van der Waals surface area contributed by atoms with Gasteiger partial charge in [0.15, 0.2) is 5.58 Å². The molecule has 1 aliphatic rings. The third kappa shape index (κ3) is 3.30. The molecule has 1 saturated heterocycles. The summed E-state index contributed by atoms with van der Waals surface area (Å²) in [5, 5.41) is 9.15. The number of hydrogen-bond acceptors (Lipinski definition) is 6. The first-order chi connectivity index (χ1) is 14.7. The molecule has 9 nitrogen and oxygen atoms in total. The number of carbonyl (C=O) groups excluding carboxylic acids is 2. The Labute approximate surface area is 171 Å². The van der Waals surface area contributed by atoms with Gasteiger partial charge >= 0.3 is 0 Å². The third-order valence-corrected chi connectivity index (χ3v) is 5.13. The van der Waals surface area contributed by atoms with Crippen LogP contribution in [0.25, 0.3) is 22.6 Å². The van der Waals surface area contributed by atoms with E-state index in [1.807, 2.05) is 36.4 Å². The van der Waals surface area contributed by atoms with Crippen molar-refractivity contribution in [1.82, 2.24) is 25.1 Å². The molecule has 1 fully saturated rings. The van der Waals surface area contributed by atoms with Crippen LogP contribution in [0.4, 0.5) is 5.69 Å². The number of amides is 2. The molecule has 2 amide bonds. The first-order valence-electron chi connectivity index (χ1n) is 9.62. The molecule has 0 unspecified atom stereocenters. The van der Waals surface area contributed by atoms with Crippen molar-refractivity contribution in [3.8, 4) is 11.5 Å².